The highest BCUT2D eigenvalue weighted by Crippen LogP contribution is 2.31. The van der Waals surface area contributed by atoms with Crippen LogP contribution in [0.15, 0.2) is 22.7 Å². The fraction of sp³-hybridized carbons (Fsp3) is 0.300. The average Bonchev–Trinajstić information content (AvgIpc) is 2.01. The van der Waals surface area contributed by atoms with Gasteiger partial charge >= 0.3 is 0 Å². The summed E-state index contributed by atoms with van der Waals surface area (Å²) in [6.07, 6.45) is 0.736. The van der Waals surface area contributed by atoms with E-state index in [0.29, 0.717) is 15.6 Å². The molecule has 1 rings (SSSR count). The van der Waals surface area contributed by atoms with Gasteiger partial charge in [0.25, 0.3) is 0 Å². The summed E-state index contributed by atoms with van der Waals surface area (Å²) in [7, 11) is 0. The summed E-state index contributed by atoms with van der Waals surface area (Å²) >= 11 is 3.22. The normalized spacial score (nSPS) is 11.4. The molecule has 0 bridgehead atoms. The van der Waals surface area contributed by atoms with Crippen LogP contribution in [0.5, 0.6) is 0 Å². The molecule has 1 nitrogen and oxygen atoms in total. The van der Waals surface area contributed by atoms with Gasteiger partial charge in [0, 0.05) is 15.6 Å². The van der Waals surface area contributed by atoms with E-state index >= 15 is 0 Å². The van der Waals surface area contributed by atoms with Crippen LogP contribution in [0, 0.1) is 0 Å². The Morgan fingerprint density at radius 3 is 2.46 bits per heavy atom. The van der Waals surface area contributed by atoms with Gasteiger partial charge in [0.15, 0.2) is 0 Å². The van der Waals surface area contributed by atoms with Gasteiger partial charge in [-0.3, -0.25) is 4.79 Å². The van der Waals surface area contributed by atoms with E-state index in [4.69, 9.17) is 0 Å². The van der Waals surface area contributed by atoms with Crippen molar-refractivity contribution >= 4 is 22.2 Å². The Labute approximate surface area is 85.1 Å². The Balaban J connectivity index is 3.20. The number of carbonyl (C=O) groups excluding carboxylic acids is 1. The largest absolute Gasteiger partial charge is 0.298 e. The monoisotopic (exact) mass is 244 g/mol. The first kappa shape index (κ1) is 10.4. The lowest BCUT2D eigenvalue weighted by Crippen LogP contribution is -2.09. The third kappa shape index (κ3) is 2.37. The first-order valence-electron chi connectivity index (χ1n) is 3.89. The molecule has 70 valence electrons. The van der Waals surface area contributed by atoms with Gasteiger partial charge in [0.1, 0.15) is 12.0 Å². The van der Waals surface area contributed by atoms with Crippen LogP contribution in [-0.2, 0) is 5.67 Å². The number of benzene rings is 1. The van der Waals surface area contributed by atoms with Crippen molar-refractivity contribution in [2.75, 3.05) is 0 Å². The number of rotatable bonds is 2. The SMILES string of the molecule is CC(C)(F)c1ccc(C=O)cc1Br. The predicted molar refractivity (Wildman–Crippen MR) is 53.7 cm³/mol. The maximum Gasteiger partial charge on any atom is 0.150 e. The molecule has 0 aliphatic rings. The van der Waals surface area contributed by atoms with Crippen LogP contribution in [0.4, 0.5) is 4.39 Å². The van der Waals surface area contributed by atoms with E-state index in [9.17, 15) is 9.18 Å². The second-order valence-electron chi connectivity index (χ2n) is 3.33. The van der Waals surface area contributed by atoms with E-state index in [1.807, 2.05) is 0 Å². The van der Waals surface area contributed by atoms with E-state index in [-0.39, 0.29) is 0 Å². The lowest BCUT2D eigenvalue weighted by Gasteiger charge is -2.16. The summed E-state index contributed by atoms with van der Waals surface area (Å²) in [6, 6.07) is 4.84. The van der Waals surface area contributed by atoms with Crippen LogP contribution in [0.2, 0.25) is 0 Å². The summed E-state index contributed by atoms with van der Waals surface area (Å²) in [4.78, 5) is 10.4. The van der Waals surface area contributed by atoms with Gasteiger partial charge in [-0.1, -0.05) is 28.1 Å². The molecule has 1 aromatic rings. The Bertz CT molecular complexity index is 328. The second-order valence-corrected chi connectivity index (χ2v) is 4.18. The number of carbonyl (C=O) groups is 1. The highest BCUT2D eigenvalue weighted by atomic mass is 79.9. The zero-order valence-electron chi connectivity index (χ0n) is 7.47. The third-order valence-electron chi connectivity index (χ3n) is 1.77. The summed E-state index contributed by atoms with van der Waals surface area (Å²) in [6.45, 7) is 2.96. The minimum Gasteiger partial charge on any atom is -0.298 e. The fourth-order valence-electron chi connectivity index (χ4n) is 1.09. The number of hydrogen-bond donors (Lipinski definition) is 0. The molecule has 0 N–H and O–H groups in total. The van der Waals surface area contributed by atoms with Crippen molar-refractivity contribution in [1.82, 2.24) is 0 Å². The highest BCUT2D eigenvalue weighted by Gasteiger charge is 2.21. The molecule has 0 saturated carbocycles. The molecule has 0 atom stereocenters. The quantitative estimate of drug-likeness (QED) is 0.729. The molecule has 0 fully saturated rings. The van der Waals surface area contributed by atoms with E-state index < -0.39 is 5.67 Å². The van der Waals surface area contributed by atoms with Crippen molar-refractivity contribution in [1.29, 1.82) is 0 Å². The molecule has 0 aliphatic heterocycles. The number of alkyl halides is 1. The van der Waals surface area contributed by atoms with Gasteiger partial charge in [0.05, 0.1) is 0 Å². The first-order valence-corrected chi connectivity index (χ1v) is 4.68. The summed E-state index contributed by atoms with van der Waals surface area (Å²) in [5.74, 6) is 0. The van der Waals surface area contributed by atoms with Gasteiger partial charge in [-0.15, -0.1) is 0 Å². The van der Waals surface area contributed by atoms with Crippen molar-refractivity contribution in [3.8, 4) is 0 Å². The van der Waals surface area contributed by atoms with Crippen LogP contribution in [-0.4, -0.2) is 6.29 Å². The smallest absolute Gasteiger partial charge is 0.150 e. The Kier molecular flexibility index (Phi) is 2.86. The minimum atomic E-state index is -1.39. The Hall–Kier alpha value is -0.700. The first-order chi connectivity index (χ1) is 5.95. The zero-order valence-corrected chi connectivity index (χ0v) is 9.06. The average molecular weight is 245 g/mol. The molecule has 13 heavy (non-hydrogen) atoms. The molecule has 1 aromatic carbocycles. The third-order valence-corrected chi connectivity index (χ3v) is 2.43. The van der Waals surface area contributed by atoms with Gasteiger partial charge in [-0.05, 0) is 19.9 Å². The van der Waals surface area contributed by atoms with Gasteiger partial charge < -0.3 is 0 Å². The lowest BCUT2D eigenvalue weighted by molar-refractivity contribution is 0.112. The number of halogens is 2. The van der Waals surface area contributed by atoms with Gasteiger partial charge in [0.2, 0.25) is 0 Å². The minimum absolute atomic E-state index is 0.542. The molecule has 3 heteroatoms. The van der Waals surface area contributed by atoms with Gasteiger partial charge in [-0.25, -0.2) is 4.39 Å². The second kappa shape index (κ2) is 3.58. The van der Waals surface area contributed by atoms with E-state index in [2.05, 4.69) is 15.9 Å². The van der Waals surface area contributed by atoms with Crippen LogP contribution >= 0.6 is 15.9 Å². The molecular weight excluding hydrogens is 235 g/mol. The molecule has 0 aromatic heterocycles. The van der Waals surface area contributed by atoms with E-state index in [0.717, 1.165) is 6.29 Å². The molecule has 0 unspecified atom stereocenters. The van der Waals surface area contributed by atoms with Crippen LogP contribution in [0.3, 0.4) is 0 Å². The molecule has 0 spiro atoms. The standard InChI is InChI=1S/C10H10BrFO/c1-10(2,12)8-4-3-7(6-13)5-9(8)11/h3-6H,1-2H3. The summed E-state index contributed by atoms with van der Waals surface area (Å²) < 4.78 is 14.1. The number of aldehydes is 1. The lowest BCUT2D eigenvalue weighted by atomic mass is 9.99. The van der Waals surface area contributed by atoms with E-state index in [1.165, 1.54) is 13.8 Å². The maximum absolute atomic E-state index is 13.5. The van der Waals surface area contributed by atoms with Crippen molar-refractivity contribution in [3.05, 3.63) is 33.8 Å². The van der Waals surface area contributed by atoms with Crippen LogP contribution in [0.25, 0.3) is 0 Å². The van der Waals surface area contributed by atoms with Crippen LogP contribution in [0.1, 0.15) is 29.8 Å². The maximum atomic E-state index is 13.5. The topological polar surface area (TPSA) is 17.1 Å². The molecule has 0 aliphatic carbocycles. The molecular formula is C10H10BrFO. The van der Waals surface area contributed by atoms with Crippen molar-refractivity contribution in [2.45, 2.75) is 19.5 Å². The van der Waals surface area contributed by atoms with Crippen LogP contribution < -0.4 is 0 Å². The van der Waals surface area contributed by atoms with Crippen molar-refractivity contribution in [3.63, 3.8) is 0 Å². The molecule has 0 amide bonds. The fourth-order valence-corrected chi connectivity index (χ4v) is 1.95. The summed E-state index contributed by atoms with van der Waals surface area (Å²) in [5, 5.41) is 0. The predicted octanol–water partition coefficient (Wildman–Crippen LogP) is 3.47. The Morgan fingerprint density at radius 1 is 1.46 bits per heavy atom. The highest BCUT2D eigenvalue weighted by molar-refractivity contribution is 9.10. The van der Waals surface area contributed by atoms with E-state index in [1.54, 1.807) is 18.2 Å². The number of hydrogen-bond acceptors (Lipinski definition) is 1. The van der Waals surface area contributed by atoms with Crippen molar-refractivity contribution < 1.29 is 9.18 Å². The Morgan fingerprint density at radius 2 is 2.08 bits per heavy atom. The molecule has 0 radical (unpaired) electrons. The van der Waals surface area contributed by atoms with Crippen molar-refractivity contribution in [2.24, 2.45) is 0 Å². The molecule has 0 heterocycles. The molecule has 0 saturated heterocycles. The summed E-state index contributed by atoms with van der Waals surface area (Å²) in [5.41, 5.74) is -0.293. The van der Waals surface area contributed by atoms with Gasteiger partial charge in [-0.2, -0.15) is 0 Å². The zero-order chi connectivity index (χ0) is 10.1.